The molecule has 1 nitrogen and oxygen atoms in total. The molecule has 0 amide bonds. The molecule has 0 aromatic rings. The zero-order chi connectivity index (χ0) is 16.9. The van der Waals surface area contributed by atoms with E-state index in [2.05, 4.69) is 26.7 Å². The molecule has 0 aromatic heterocycles. The van der Waals surface area contributed by atoms with E-state index in [-0.39, 0.29) is 5.78 Å². The summed E-state index contributed by atoms with van der Waals surface area (Å²) in [6.45, 7) is 26.8. The number of carbonyl (C=O) groups is 1. The topological polar surface area (TPSA) is 17.1 Å². The molecule has 20 heavy (non-hydrogen) atoms. The van der Waals surface area contributed by atoms with Gasteiger partial charge in [0.05, 0.1) is 0 Å². The molecule has 0 heterocycles. The first-order valence-electron chi connectivity index (χ1n) is 7.26. The normalized spacial score (nSPS) is 11.1. The van der Waals surface area contributed by atoms with Gasteiger partial charge in [0, 0.05) is 0 Å². The first kappa shape index (κ1) is 23.7. The van der Waals surface area contributed by atoms with Gasteiger partial charge in [-0.15, -0.1) is 6.58 Å². The van der Waals surface area contributed by atoms with Gasteiger partial charge in [0.2, 0.25) is 0 Å². The lowest BCUT2D eigenvalue weighted by Gasteiger charge is -2.13. The molecule has 0 saturated carbocycles. The van der Waals surface area contributed by atoms with Crippen molar-refractivity contribution in [1.29, 1.82) is 0 Å². The number of carbonyl (C=O) groups excluding carboxylic acids is 1. The van der Waals surface area contributed by atoms with Crippen molar-refractivity contribution < 1.29 is 4.79 Å². The van der Waals surface area contributed by atoms with Gasteiger partial charge >= 0.3 is 0 Å². The number of rotatable bonds is 5. The Morgan fingerprint density at radius 1 is 1.05 bits per heavy atom. The summed E-state index contributed by atoms with van der Waals surface area (Å²) in [5.41, 5.74) is 3.72. The van der Waals surface area contributed by atoms with Crippen molar-refractivity contribution in [2.75, 3.05) is 0 Å². The Bertz CT molecular complexity index is 352. The second kappa shape index (κ2) is 14.0. The predicted octanol–water partition coefficient (Wildman–Crippen LogP) is 6.29. The average Bonchev–Trinajstić information content (AvgIpc) is 2.36. The van der Waals surface area contributed by atoms with Gasteiger partial charge in [0.25, 0.3) is 0 Å². The Balaban J connectivity index is -0.000000410. The lowest BCUT2D eigenvalue weighted by atomic mass is 9.91. The molecule has 0 radical (unpaired) electrons. The van der Waals surface area contributed by atoms with Crippen LogP contribution in [0.3, 0.4) is 0 Å². The molecule has 0 aliphatic heterocycles. The van der Waals surface area contributed by atoms with Crippen LogP contribution in [-0.4, -0.2) is 5.78 Å². The second-order valence-corrected chi connectivity index (χ2v) is 5.08. The van der Waals surface area contributed by atoms with Crippen molar-refractivity contribution in [2.45, 2.75) is 61.8 Å². The highest BCUT2D eigenvalue weighted by Gasteiger charge is 2.13. The Morgan fingerprint density at radius 2 is 1.40 bits per heavy atom. The Morgan fingerprint density at radius 3 is 1.60 bits per heavy atom. The molecule has 0 spiro atoms. The van der Waals surface area contributed by atoms with Crippen LogP contribution in [0.5, 0.6) is 0 Å². The van der Waals surface area contributed by atoms with Crippen LogP contribution in [0, 0.1) is 5.92 Å². The lowest BCUT2D eigenvalue weighted by molar-refractivity contribution is -0.112. The number of Topliss-reactive ketones (excluding diaryl/α,β-unsaturated/α-hetero) is 1. The largest absolute Gasteiger partial charge is 0.289 e. The summed E-state index contributed by atoms with van der Waals surface area (Å²) in [5, 5.41) is 0. The van der Waals surface area contributed by atoms with E-state index in [0.29, 0.717) is 11.5 Å². The molecule has 0 unspecified atom stereocenters. The van der Waals surface area contributed by atoms with E-state index >= 15 is 0 Å². The van der Waals surface area contributed by atoms with Crippen molar-refractivity contribution in [1.82, 2.24) is 0 Å². The third-order valence-corrected chi connectivity index (χ3v) is 2.40. The highest BCUT2D eigenvalue weighted by Crippen LogP contribution is 2.20. The van der Waals surface area contributed by atoms with E-state index in [0.717, 1.165) is 17.6 Å². The van der Waals surface area contributed by atoms with E-state index in [1.54, 1.807) is 6.92 Å². The van der Waals surface area contributed by atoms with Crippen LogP contribution in [0.4, 0.5) is 0 Å². The van der Waals surface area contributed by atoms with Gasteiger partial charge in [0.15, 0.2) is 5.78 Å². The standard InChI is InChI=1S/C13H20O.C4H8.C2H6/c1-7-12(13(14)10(4)5)8-11(6)9(2)3;1-4(2)3;1-2/h7,11H,2,4,8H2,1,3,5-6H3;1H2,2-3H3;1-2H3/b12-7+;;/t11-;;/m0../s1. The second-order valence-electron chi connectivity index (χ2n) is 5.08. The van der Waals surface area contributed by atoms with Crippen molar-refractivity contribution in [2.24, 2.45) is 5.92 Å². The van der Waals surface area contributed by atoms with Gasteiger partial charge in [-0.3, -0.25) is 4.79 Å². The van der Waals surface area contributed by atoms with E-state index in [4.69, 9.17) is 0 Å². The van der Waals surface area contributed by atoms with Crippen LogP contribution < -0.4 is 0 Å². The summed E-state index contributed by atoms with van der Waals surface area (Å²) in [7, 11) is 0. The van der Waals surface area contributed by atoms with Gasteiger partial charge < -0.3 is 0 Å². The zero-order valence-corrected chi connectivity index (χ0v) is 14.9. The van der Waals surface area contributed by atoms with E-state index < -0.39 is 0 Å². The highest BCUT2D eigenvalue weighted by molar-refractivity contribution is 6.07. The fourth-order valence-corrected chi connectivity index (χ4v) is 1.12. The summed E-state index contributed by atoms with van der Waals surface area (Å²) >= 11 is 0. The van der Waals surface area contributed by atoms with E-state index in [1.165, 1.54) is 5.57 Å². The molecule has 0 saturated heterocycles. The molecular formula is C19H34O. The quantitative estimate of drug-likeness (QED) is 0.426. The van der Waals surface area contributed by atoms with E-state index in [1.807, 2.05) is 47.6 Å². The summed E-state index contributed by atoms with van der Waals surface area (Å²) in [6, 6.07) is 0. The first-order chi connectivity index (χ1) is 9.13. The maximum Gasteiger partial charge on any atom is 0.183 e. The lowest BCUT2D eigenvalue weighted by Crippen LogP contribution is -2.07. The van der Waals surface area contributed by atoms with Gasteiger partial charge in [-0.25, -0.2) is 0 Å². The molecule has 0 aliphatic rings. The zero-order valence-electron chi connectivity index (χ0n) is 14.9. The summed E-state index contributed by atoms with van der Waals surface area (Å²) in [6.07, 6.45) is 2.63. The number of allylic oxidation sites excluding steroid dienone is 5. The van der Waals surface area contributed by atoms with Gasteiger partial charge in [-0.2, -0.15) is 0 Å². The van der Waals surface area contributed by atoms with Gasteiger partial charge in [-0.05, 0) is 58.1 Å². The molecule has 0 aromatic carbocycles. The summed E-state index contributed by atoms with van der Waals surface area (Å²) < 4.78 is 0. The van der Waals surface area contributed by atoms with Crippen LogP contribution in [-0.2, 0) is 4.79 Å². The SMILES string of the molecule is C=C(C)C.C=C(C)C(=O)/C(=C/C)C[C@H](C)C(=C)C.CC. The van der Waals surface area contributed by atoms with Crippen LogP contribution in [0.25, 0.3) is 0 Å². The Labute approximate surface area is 127 Å². The van der Waals surface area contributed by atoms with Crippen molar-refractivity contribution >= 4 is 5.78 Å². The van der Waals surface area contributed by atoms with Crippen LogP contribution in [0.1, 0.15) is 61.8 Å². The number of hydrogen-bond acceptors (Lipinski definition) is 1. The molecule has 0 aliphatic carbocycles. The minimum absolute atomic E-state index is 0.0700. The fourth-order valence-electron chi connectivity index (χ4n) is 1.12. The number of ketones is 1. The van der Waals surface area contributed by atoms with Crippen LogP contribution >= 0.6 is 0 Å². The van der Waals surface area contributed by atoms with Crippen molar-refractivity contribution in [3.63, 3.8) is 0 Å². The van der Waals surface area contributed by atoms with Gasteiger partial charge in [-0.1, -0.05) is 51.2 Å². The van der Waals surface area contributed by atoms with Gasteiger partial charge in [0.1, 0.15) is 0 Å². The van der Waals surface area contributed by atoms with Crippen molar-refractivity contribution in [3.05, 3.63) is 48.1 Å². The first-order valence-corrected chi connectivity index (χ1v) is 7.26. The number of hydrogen-bond donors (Lipinski definition) is 0. The monoisotopic (exact) mass is 278 g/mol. The molecule has 1 atom stereocenters. The molecule has 1 heteroatoms. The van der Waals surface area contributed by atoms with E-state index in [9.17, 15) is 4.79 Å². The van der Waals surface area contributed by atoms with Crippen molar-refractivity contribution in [3.8, 4) is 0 Å². The average molecular weight is 278 g/mol. The molecule has 0 bridgehead atoms. The maximum absolute atomic E-state index is 11.6. The minimum atomic E-state index is 0.0700. The smallest absolute Gasteiger partial charge is 0.183 e. The predicted molar refractivity (Wildman–Crippen MR) is 94.0 cm³/mol. The van der Waals surface area contributed by atoms with Crippen LogP contribution in [0.15, 0.2) is 48.1 Å². The molecule has 0 N–H and O–H groups in total. The van der Waals surface area contributed by atoms with Crippen LogP contribution in [0.2, 0.25) is 0 Å². The molecule has 0 rings (SSSR count). The molecule has 0 fully saturated rings. The summed E-state index contributed by atoms with van der Waals surface area (Å²) in [4.78, 5) is 11.6. The molecule has 116 valence electrons. The highest BCUT2D eigenvalue weighted by atomic mass is 16.1. The maximum atomic E-state index is 11.6. The third kappa shape index (κ3) is 14.7. The Kier molecular flexibility index (Phi) is 16.6. The minimum Gasteiger partial charge on any atom is -0.289 e. The third-order valence-electron chi connectivity index (χ3n) is 2.40. The Hall–Kier alpha value is -1.37. The molecular weight excluding hydrogens is 244 g/mol. The summed E-state index contributed by atoms with van der Waals surface area (Å²) in [5.74, 6) is 0.421. The fraction of sp³-hybridized carbons (Fsp3) is 0.526.